The number of fused-ring (bicyclic) bond motifs is 2. The van der Waals surface area contributed by atoms with E-state index >= 15 is 0 Å². The van der Waals surface area contributed by atoms with Gasteiger partial charge >= 0.3 is 0 Å². The molecule has 0 radical (unpaired) electrons. The van der Waals surface area contributed by atoms with Gasteiger partial charge in [-0.3, -0.25) is 14.7 Å². The van der Waals surface area contributed by atoms with Crippen molar-refractivity contribution in [3.63, 3.8) is 0 Å². The largest absolute Gasteiger partial charge is 0.360 e. The number of rotatable bonds is 4. The van der Waals surface area contributed by atoms with Gasteiger partial charge in [-0.2, -0.15) is 0 Å². The van der Waals surface area contributed by atoms with Gasteiger partial charge in [-0.05, 0) is 80.7 Å². The Morgan fingerprint density at radius 2 is 2.17 bits per heavy atom. The molecule has 2 aliphatic rings. The van der Waals surface area contributed by atoms with Crippen molar-refractivity contribution in [1.29, 1.82) is 0 Å². The second-order valence-corrected chi connectivity index (χ2v) is 8.27. The Balaban J connectivity index is 1.32. The fourth-order valence-electron chi connectivity index (χ4n) is 4.58. The van der Waals surface area contributed by atoms with E-state index in [1.54, 1.807) is 0 Å². The van der Waals surface area contributed by atoms with Crippen molar-refractivity contribution in [2.75, 3.05) is 20.1 Å². The Bertz CT molecular complexity index is 1150. The molecular formula is C24H25FN4O. The average Bonchev–Trinajstić information content (AvgIpc) is 3.37. The van der Waals surface area contributed by atoms with Gasteiger partial charge < -0.3 is 10.3 Å². The van der Waals surface area contributed by atoms with Gasteiger partial charge in [0.15, 0.2) is 0 Å². The van der Waals surface area contributed by atoms with Crippen LogP contribution < -0.4 is 5.32 Å². The van der Waals surface area contributed by atoms with E-state index < -0.39 is 0 Å². The third kappa shape index (κ3) is 3.52. The second-order valence-electron chi connectivity index (χ2n) is 8.27. The first-order valence-electron chi connectivity index (χ1n) is 10.5. The number of nitrogens with one attached hydrogen (secondary N) is 2. The molecule has 1 saturated heterocycles. The molecule has 1 atom stereocenters. The van der Waals surface area contributed by atoms with Gasteiger partial charge in [0.1, 0.15) is 5.82 Å². The summed E-state index contributed by atoms with van der Waals surface area (Å²) in [4.78, 5) is 22.5. The predicted molar refractivity (Wildman–Crippen MR) is 118 cm³/mol. The lowest BCUT2D eigenvalue weighted by Crippen LogP contribution is -2.43. The second kappa shape index (κ2) is 7.69. The highest BCUT2D eigenvalue weighted by atomic mass is 19.1. The fourth-order valence-corrected chi connectivity index (χ4v) is 4.58. The number of aromatic nitrogens is 1. The number of benzene rings is 2. The third-order valence-electron chi connectivity index (χ3n) is 6.29. The van der Waals surface area contributed by atoms with Crippen molar-refractivity contribution < 1.29 is 9.18 Å². The summed E-state index contributed by atoms with van der Waals surface area (Å²) in [7, 11) is 2.01. The number of amides is 1. The molecular weight excluding hydrogens is 379 g/mol. The number of carbonyl (C=O) groups is 1. The lowest BCUT2D eigenvalue weighted by atomic mass is 9.96. The monoisotopic (exact) mass is 404 g/mol. The van der Waals surface area contributed by atoms with Crippen molar-refractivity contribution in [1.82, 2.24) is 15.2 Å². The number of aromatic amines is 1. The molecule has 0 aliphatic carbocycles. The minimum atomic E-state index is -0.241. The molecule has 2 N–H and O–H groups in total. The van der Waals surface area contributed by atoms with Crippen LogP contribution in [0, 0.1) is 5.82 Å². The molecule has 3 aromatic rings. The third-order valence-corrected chi connectivity index (χ3v) is 6.29. The SMILES string of the molecule is CN1CCC[C@H]1C(=O)NCC1=Nc2ccc(-c3c[nH]c4cc(F)ccc34)cc2CC1. The van der Waals surface area contributed by atoms with Gasteiger partial charge in [0.05, 0.1) is 18.3 Å². The summed E-state index contributed by atoms with van der Waals surface area (Å²) in [6, 6.07) is 11.1. The number of likely N-dealkylation sites (tertiary alicyclic amines) is 1. The van der Waals surface area contributed by atoms with E-state index in [2.05, 4.69) is 27.3 Å². The number of carbonyl (C=O) groups excluding carboxylic acids is 1. The van der Waals surface area contributed by atoms with Gasteiger partial charge in [0.2, 0.25) is 5.91 Å². The molecule has 30 heavy (non-hydrogen) atoms. The molecule has 0 unspecified atom stereocenters. The summed E-state index contributed by atoms with van der Waals surface area (Å²) in [5, 5.41) is 4.08. The van der Waals surface area contributed by atoms with Crippen LogP contribution >= 0.6 is 0 Å². The van der Waals surface area contributed by atoms with E-state index in [1.807, 2.05) is 25.4 Å². The summed E-state index contributed by atoms with van der Waals surface area (Å²) in [5.41, 5.74) is 6.16. The zero-order chi connectivity index (χ0) is 20.7. The van der Waals surface area contributed by atoms with Crippen molar-refractivity contribution >= 4 is 28.2 Å². The normalized spacial score (nSPS) is 19.0. The molecule has 0 spiro atoms. The molecule has 2 aliphatic heterocycles. The highest BCUT2D eigenvalue weighted by Gasteiger charge is 2.27. The quantitative estimate of drug-likeness (QED) is 0.685. The summed E-state index contributed by atoms with van der Waals surface area (Å²) >= 11 is 0. The van der Waals surface area contributed by atoms with Crippen LogP contribution in [0.25, 0.3) is 22.0 Å². The van der Waals surface area contributed by atoms with E-state index in [4.69, 9.17) is 4.99 Å². The Labute approximate surface area is 175 Å². The highest BCUT2D eigenvalue weighted by Crippen LogP contribution is 2.34. The van der Waals surface area contributed by atoms with E-state index in [9.17, 15) is 9.18 Å². The zero-order valence-corrected chi connectivity index (χ0v) is 17.0. The summed E-state index contributed by atoms with van der Waals surface area (Å²) in [6.45, 7) is 1.50. The average molecular weight is 404 g/mol. The van der Waals surface area contributed by atoms with Crippen LogP contribution in [0.2, 0.25) is 0 Å². The lowest BCUT2D eigenvalue weighted by molar-refractivity contribution is -0.124. The molecule has 3 heterocycles. The number of H-pyrrole nitrogens is 1. The van der Waals surface area contributed by atoms with Gasteiger partial charge in [0, 0.05) is 28.4 Å². The van der Waals surface area contributed by atoms with Crippen LogP contribution in [0.4, 0.5) is 10.1 Å². The minimum absolute atomic E-state index is 0.00585. The number of aliphatic imine (C=N–C) groups is 1. The number of hydrogen-bond acceptors (Lipinski definition) is 3. The molecule has 2 aromatic carbocycles. The first kappa shape index (κ1) is 19.0. The maximum absolute atomic E-state index is 13.5. The van der Waals surface area contributed by atoms with Crippen molar-refractivity contribution in [2.45, 2.75) is 31.7 Å². The van der Waals surface area contributed by atoms with E-state index in [0.717, 1.165) is 65.7 Å². The lowest BCUT2D eigenvalue weighted by Gasteiger charge is -2.20. The van der Waals surface area contributed by atoms with Crippen molar-refractivity contribution in [3.8, 4) is 11.1 Å². The number of likely N-dealkylation sites (N-methyl/N-ethyl adjacent to an activating group) is 1. The van der Waals surface area contributed by atoms with E-state index in [1.165, 1.54) is 17.7 Å². The van der Waals surface area contributed by atoms with Gasteiger partial charge in [-0.25, -0.2) is 4.39 Å². The summed E-state index contributed by atoms with van der Waals surface area (Å²) < 4.78 is 13.5. The number of nitrogens with zero attached hydrogens (tertiary/aromatic N) is 2. The highest BCUT2D eigenvalue weighted by molar-refractivity contribution is 5.97. The fraction of sp³-hybridized carbons (Fsp3) is 0.333. The number of halogens is 1. The van der Waals surface area contributed by atoms with E-state index in [-0.39, 0.29) is 17.8 Å². The smallest absolute Gasteiger partial charge is 0.237 e. The number of aryl methyl sites for hydroxylation is 1. The maximum atomic E-state index is 13.5. The van der Waals surface area contributed by atoms with Gasteiger partial charge in [-0.1, -0.05) is 6.07 Å². The number of hydrogen-bond donors (Lipinski definition) is 2. The maximum Gasteiger partial charge on any atom is 0.237 e. The van der Waals surface area contributed by atoms with Crippen LogP contribution in [-0.2, 0) is 11.2 Å². The standard InChI is InChI=1S/C24H25FN4O/c1-29-10-2-3-23(29)24(30)27-13-18-7-4-16-11-15(5-9-21(16)28-18)20-14-26-22-12-17(25)6-8-19(20)22/h5-6,8-9,11-12,14,23,26H,2-4,7,10,13H2,1H3,(H,27,30)/t23-/m0/s1. The topological polar surface area (TPSA) is 60.5 Å². The molecule has 154 valence electrons. The van der Waals surface area contributed by atoms with Crippen molar-refractivity contribution in [3.05, 3.63) is 54.0 Å². The molecule has 1 fully saturated rings. The van der Waals surface area contributed by atoms with E-state index in [0.29, 0.717) is 6.54 Å². The molecule has 0 saturated carbocycles. The van der Waals surface area contributed by atoms with Crippen LogP contribution in [0.5, 0.6) is 0 Å². The molecule has 0 bridgehead atoms. The van der Waals surface area contributed by atoms with Crippen LogP contribution in [0.1, 0.15) is 24.8 Å². The Morgan fingerprint density at radius 3 is 3.00 bits per heavy atom. The Kier molecular flexibility index (Phi) is 4.87. The Hall–Kier alpha value is -2.99. The molecule has 6 heteroatoms. The minimum Gasteiger partial charge on any atom is -0.360 e. The van der Waals surface area contributed by atoms with Crippen LogP contribution in [0.15, 0.2) is 47.6 Å². The van der Waals surface area contributed by atoms with Gasteiger partial charge in [0.25, 0.3) is 0 Å². The van der Waals surface area contributed by atoms with Gasteiger partial charge in [-0.15, -0.1) is 0 Å². The van der Waals surface area contributed by atoms with Crippen LogP contribution in [-0.4, -0.2) is 47.7 Å². The molecule has 1 amide bonds. The predicted octanol–water partition coefficient (Wildman–Crippen LogP) is 4.20. The molecule has 5 rings (SSSR count). The van der Waals surface area contributed by atoms with Crippen LogP contribution in [0.3, 0.4) is 0 Å². The zero-order valence-electron chi connectivity index (χ0n) is 17.0. The molecule has 1 aromatic heterocycles. The van der Waals surface area contributed by atoms with Crippen molar-refractivity contribution in [2.24, 2.45) is 4.99 Å². The first-order chi connectivity index (χ1) is 14.6. The summed E-state index contributed by atoms with van der Waals surface area (Å²) in [5.74, 6) is -0.135. The molecule has 5 nitrogen and oxygen atoms in total. The first-order valence-corrected chi connectivity index (χ1v) is 10.5. The summed E-state index contributed by atoms with van der Waals surface area (Å²) in [6.07, 6.45) is 5.69. The Morgan fingerprint density at radius 1 is 1.27 bits per heavy atom.